The van der Waals surface area contributed by atoms with Gasteiger partial charge in [-0.15, -0.1) is 0 Å². The zero-order valence-electron chi connectivity index (χ0n) is 11.4. The van der Waals surface area contributed by atoms with Crippen molar-refractivity contribution in [2.24, 2.45) is 0 Å². The minimum absolute atomic E-state index is 0.138. The van der Waals surface area contributed by atoms with Crippen LogP contribution >= 0.6 is 0 Å². The van der Waals surface area contributed by atoms with Crippen molar-refractivity contribution >= 4 is 5.91 Å². The fourth-order valence-corrected chi connectivity index (χ4v) is 2.22. The highest BCUT2D eigenvalue weighted by atomic mass is 16.5. The summed E-state index contributed by atoms with van der Waals surface area (Å²) in [5.41, 5.74) is 1.58. The topological polar surface area (TPSA) is 49.8 Å². The van der Waals surface area contributed by atoms with Crippen LogP contribution in [-0.4, -0.2) is 15.9 Å². The van der Waals surface area contributed by atoms with E-state index >= 15 is 0 Å². The average molecular weight is 281 g/mol. The second kappa shape index (κ2) is 5.71. The van der Waals surface area contributed by atoms with Gasteiger partial charge in [0.25, 0.3) is 5.91 Å². The van der Waals surface area contributed by atoms with Gasteiger partial charge in [0.1, 0.15) is 17.8 Å². The maximum atomic E-state index is 12.4. The lowest BCUT2D eigenvalue weighted by molar-refractivity contribution is 0.0855. The molecule has 1 N–H and O–H groups in total. The SMILES string of the molecule is O=C(c1ccc(O)cc1)N1C=COC(C2=CC=CCC2)=C1. The summed E-state index contributed by atoms with van der Waals surface area (Å²) in [6.45, 7) is 0. The number of carbonyl (C=O) groups is 1. The van der Waals surface area contributed by atoms with Crippen LogP contribution in [0.1, 0.15) is 23.2 Å². The van der Waals surface area contributed by atoms with Gasteiger partial charge in [-0.25, -0.2) is 0 Å². The van der Waals surface area contributed by atoms with Crippen molar-refractivity contribution in [3.63, 3.8) is 0 Å². The second-order valence-electron chi connectivity index (χ2n) is 4.81. The molecule has 1 aliphatic heterocycles. The van der Waals surface area contributed by atoms with Crippen molar-refractivity contribution < 1.29 is 14.6 Å². The maximum absolute atomic E-state index is 12.4. The van der Waals surface area contributed by atoms with Gasteiger partial charge in [0.05, 0.1) is 6.20 Å². The number of allylic oxidation sites excluding steroid dienone is 4. The Hall–Kier alpha value is -2.75. The Balaban J connectivity index is 1.83. The van der Waals surface area contributed by atoms with Crippen molar-refractivity contribution in [3.05, 3.63) is 78.1 Å². The molecule has 0 radical (unpaired) electrons. The molecule has 4 nitrogen and oxygen atoms in total. The summed E-state index contributed by atoms with van der Waals surface area (Å²) < 4.78 is 5.50. The predicted octanol–water partition coefficient (Wildman–Crippen LogP) is 3.45. The molecular formula is C17H15NO3. The molecule has 3 rings (SSSR count). The van der Waals surface area contributed by atoms with E-state index in [2.05, 4.69) is 6.08 Å². The number of benzene rings is 1. The third-order valence-electron chi connectivity index (χ3n) is 3.35. The molecule has 106 valence electrons. The van der Waals surface area contributed by atoms with Crippen LogP contribution in [-0.2, 0) is 4.74 Å². The minimum atomic E-state index is -0.168. The Kier molecular flexibility index (Phi) is 3.60. The lowest BCUT2D eigenvalue weighted by Crippen LogP contribution is -2.23. The Morgan fingerprint density at radius 3 is 2.76 bits per heavy atom. The van der Waals surface area contributed by atoms with E-state index in [0.29, 0.717) is 11.3 Å². The van der Waals surface area contributed by atoms with Crippen LogP contribution in [0.15, 0.2) is 72.5 Å². The van der Waals surface area contributed by atoms with E-state index in [1.807, 2.05) is 12.2 Å². The van der Waals surface area contributed by atoms with Crippen LogP contribution in [0.5, 0.6) is 5.75 Å². The molecule has 0 spiro atoms. The molecule has 1 aliphatic carbocycles. The molecule has 0 aromatic heterocycles. The number of aromatic hydroxyl groups is 1. The van der Waals surface area contributed by atoms with E-state index in [0.717, 1.165) is 18.4 Å². The standard InChI is InChI=1S/C17H15NO3/c19-15-8-6-14(7-9-15)17(20)18-10-11-21-16(12-18)13-4-2-1-3-5-13/h1-2,4,6-12,19H,3,5H2. The predicted molar refractivity (Wildman–Crippen MR) is 79.0 cm³/mol. The van der Waals surface area contributed by atoms with Crippen LogP contribution in [0.2, 0.25) is 0 Å². The van der Waals surface area contributed by atoms with Gasteiger partial charge in [-0.2, -0.15) is 0 Å². The summed E-state index contributed by atoms with van der Waals surface area (Å²) in [4.78, 5) is 13.9. The summed E-state index contributed by atoms with van der Waals surface area (Å²) >= 11 is 0. The second-order valence-corrected chi connectivity index (χ2v) is 4.81. The van der Waals surface area contributed by atoms with E-state index in [9.17, 15) is 9.90 Å². The van der Waals surface area contributed by atoms with E-state index in [4.69, 9.17) is 4.74 Å². The van der Waals surface area contributed by atoms with Gasteiger partial charge in [0, 0.05) is 11.8 Å². The third kappa shape index (κ3) is 2.89. The lowest BCUT2D eigenvalue weighted by Gasteiger charge is -2.22. The summed E-state index contributed by atoms with van der Waals surface area (Å²) in [5.74, 6) is 0.660. The molecular weight excluding hydrogens is 266 g/mol. The largest absolute Gasteiger partial charge is 0.508 e. The van der Waals surface area contributed by atoms with E-state index in [1.165, 1.54) is 23.3 Å². The average Bonchev–Trinajstić information content (AvgIpc) is 2.56. The molecule has 1 amide bonds. The minimum Gasteiger partial charge on any atom is -0.508 e. The fraction of sp³-hybridized carbons (Fsp3) is 0.118. The molecule has 0 saturated heterocycles. The zero-order valence-corrected chi connectivity index (χ0v) is 11.4. The van der Waals surface area contributed by atoms with Crippen molar-refractivity contribution in [2.75, 3.05) is 0 Å². The van der Waals surface area contributed by atoms with Crippen LogP contribution in [0, 0.1) is 0 Å². The van der Waals surface area contributed by atoms with Gasteiger partial charge in [0.15, 0.2) is 0 Å². The molecule has 0 atom stereocenters. The Morgan fingerprint density at radius 2 is 2.05 bits per heavy atom. The summed E-state index contributed by atoms with van der Waals surface area (Å²) in [6, 6.07) is 6.18. The van der Waals surface area contributed by atoms with Crippen LogP contribution in [0.4, 0.5) is 0 Å². The van der Waals surface area contributed by atoms with Crippen molar-refractivity contribution in [2.45, 2.75) is 12.8 Å². The fourth-order valence-electron chi connectivity index (χ4n) is 2.22. The number of phenols is 1. The van der Waals surface area contributed by atoms with Gasteiger partial charge in [-0.05, 0) is 42.7 Å². The number of hydrogen-bond donors (Lipinski definition) is 1. The van der Waals surface area contributed by atoms with E-state index in [-0.39, 0.29) is 11.7 Å². The highest BCUT2D eigenvalue weighted by Gasteiger charge is 2.18. The third-order valence-corrected chi connectivity index (χ3v) is 3.35. The van der Waals surface area contributed by atoms with Crippen molar-refractivity contribution in [1.82, 2.24) is 4.90 Å². The van der Waals surface area contributed by atoms with Crippen molar-refractivity contribution in [1.29, 1.82) is 0 Å². The molecule has 21 heavy (non-hydrogen) atoms. The number of rotatable bonds is 2. The molecule has 1 heterocycles. The van der Waals surface area contributed by atoms with Gasteiger partial charge >= 0.3 is 0 Å². The Morgan fingerprint density at radius 1 is 1.24 bits per heavy atom. The van der Waals surface area contributed by atoms with Gasteiger partial charge in [-0.1, -0.05) is 18.2 Å². The molecule has 0 unspecified atom stereocenters. The summed E-state index contributed by atoms with van der Waals surface area (Å²) in [5, 5.41) is 9.28. The first-order chi connectivity index (χ1) is 10.2. The number of phenolic OH excluding ortho intramolecular Hbond substituents is 1. The van der Waals surface area contributed by atoms with E-state index < -0.39 is 0 Å². The highest BCUT2D eigenvalue weighted by Crippen LogP contribution is 2.25. The maximum Gasteiger partial charge on any atom is 0.262 e. The van der Waals surface area contributed by atoms with E-state index in [1.54, 1.807) is 24.5 Å². The molecule has 1 aromatic carbocycles. The molecule has 0 bridgehead atoms. The number of ether oxygens (including phenoxy) is 1. The zero-order chi connectivity index (χ0) is 14.7. The molecule has 0 fully saturated rings. The smallest absolute Gasteiger partial charge is 0.262 e. The number of nitrogens with zero attached hydrogens (tertiary/aromatic N) is 1. The van der Waals surface area contributed by atoms with Crippen molar-refractivity contribution in [3.8, 4) is 5.75 Å². The Labute approximate surface area is 123 Å². The first kappa shape index (κ1) is 13.2. The van der Waals surface area contributed by atoms with Crippen LogP contribution < -0.4 is 0 Å². The highest BCUT2D eigenvalue weighted by molar-refractivity contribution is 5.95. The normalized spacial score (nSPS) is 17.0. The van der Waals surface area contributed by atoms with Gasteiger partial charge in [-0.3, -0.25) is 9.69 Å². The van der Waals surface area contributed by atoms with Crippen LogP contribution in [0.3, 0.4) is 0 Å². The molecule has 0 saturated carbocycles. The number of amides is 1. The number of hydrogen-bond acceptors (Lipinski definition) is 3. The monoisotopic (exact) mass is 281 g/mol. The first-order valence-corrected chi connectivity index (χ1v) is 6.77. The van der Waals surface area contributed by atoms with Gasteiger partial charge < -0.3 is 9.84 Å². The van der Waals surface area contributed by atoms with Gasteiger partial charge in [0.2, 0.25) is 0 Å². The summed E-state index contributed by atoms with van der Waals surface area (Å²) in [6.07, 6.45) is 12.7. The lowest BCUT2D eigenvalue weighted by atomic mass is 10.0. The molecule has 4 heteroatoms. The van der Waals surface area contributed by atoms with Crippen LogP contribution in [0.25, 0.3) is 0 Å². The quantitative estimate of drug-likeness (QED) is 0.903. The summed E-state index contributed by atoms with van der Waals surface area (Å²) in [7, 11) is 0. The Bertz CT molecular complexity index is 666. The number of carbonyl (C=O) groups excluding carboxylic acids is 1. The first-order valence-electron chi connectivity index (χ1n) is 6.77. The molecule has 1 aromatic rings. The molecule has 2 aliphatic rings.